The molecule has 1 unspecified atom stereocenters. The smallest absolute Gasteiger partial charge is 0.321 e. The number of nitrogens with zero attached hydrogens (tertiary/aromatic N) is 1. The van der Waals surface area contributed by atoms with Crippen LogP contribution in [0.2, 0.25) is 0 Å². The second-order valence-corrected chi connectivity index (χ2v) is 10.6. The van der Waals surface area contributed by atoms with Crippen LogP contribution in [-0.4, -0.2) is 5.97 Å². The number of carbonyl (C=O) groups excluding carboxylic acids is 1. The molecule has 1 aliphatic rings. The van der Waals surface area contributed by atoms with E-state index in [4.69, 9.17) is 4.74 Å². The molecule has 2 aromatic carbocycles. The predicted octanol–water partition coefficient (Wildman–Crippen LogP) is 8.47. The van der Waals surface area contributed by atoms with E-state index in [2.05, 4.69) is 51.1 Å². The molecule has 0 heterocycles. The van der Waals surface area contributed by atoms with Gasteiger partial charge >= 0.3 is 5.97 Å². The van der Waals surface area contributed by atoms with Crippen molar-refractivity contribution < 1.29 is 9.53 Å². The lowest BCUT2D eigenvalue weighted by molar-refractivity contribution is -0.142. The molecule has 0 N–H and O–H groups in total. The highest BCUT2D eigenvalue weighted by Crippen LogP contribution is 2.41. The van der Waals surface area contributed by atoms with Crippen molar-refractivity contribution in [3.63, 3.8) is 0 Å². The van der Waals surface area contributed by atoms with E-state index >= 15 is 0 Å². The summed E-state index contributed by atoms with van der Waals surface area (Å²) in [6.45, 7) is 6.72. The molecule has 1 atom stereocenters. The molecule has 0 saturated heterocycles. The minimum absolute atomic E-state index is 0.212. The number of esters is 1. The zero-order chi connectivity index (χ0) is 25.1. The van der Waals surface area contributed by atoms with Crippen LogP contribution >= 0.6 is 0 Å². The Balaban J connectivity index is 1.75. The Hall–Kier alpha value is -2.60. The van der Waals surface area contributed by atoms with Gasteiger partial charge in [0.25, 0.3) is 0 Å². The van der Waals surface area contributed by atoms with Gasteiger partial charge in [-0.15, -0.1) is 0 Å². The largest absolute Gasteiger partial charge is 0.424 e. The first-order chi connectivity index (χ1) is 17.0. The van der Waals surface area contributed by atoms with Crippen molar-refractivity contribution in [1.29, 1.82) is 5.26 Å². The number of carbonyl (C=O) groups is 1. The second-order valence-electron chi connectivity index (χ2n) is 10.6. The van der Waals surface area contributed by atoms with E-state index in [1.807, 2.05) is 18.2 Å². The van der Waals surface area contributed by atoms with Gasteiger partial charge in [-0.05, 0) is 66.8 Å². The minimum Gasteiger partial charge on any atom is -0.424 e. The van der Waals surface area contributed by atoms with Crippen LogP contribution in [0.15, 0.2) is 42.5 Å². The molecule has 188 valence electrons. The number of benzene rings is 2. The van der Waals surface area contributed by atoms with E-state index < -0.39 is 5.41 Å². The third-order valence-electron chi connectivity index (χ3n) is 7.82. The first kappa shape index (κ1) is 27.0. The summed E-state index contributed by atoms with van der Waals surface area (Å²) < 4.78 is 6.00. The van der Waals surface area contributed by atoms with Gasteiger partial charge in [0.15, 0.2) is 0 Å². The molecule has 0 aliphatic heterocycles. The van der Waals surface area contributed by atoms with E-state index in [1.165, 1.54) is 31.2 Å². The Bertz CT molecular complexity index is 980. The summed E-state index contributed by atoms with van der Waals surface area (Å²) in [6.07, 6.45) is 14.1. The minimum atomic E-state index is -0.627. The number of rotatable bonds is 12. The topological polar surface area (TPSA) is 50.1 Å². The molecule has 1 aliphatic carbocycles. The summed E-state index contributed by atoms with van der Waals surface area (Å²) in [4.78, 5) is 13.7. The summed E-state index contributed by atoms with van der Waals surface area (Å²) in [6, 6.07) is 16.6. The molecule has 0 bridgehead atoms. The summed E-state index contributed by atoms with van der Waals surface area (Å²) in [7, 11) is 0. The first-order valence-electron chi connectivity index (χ1n) is 13.9. The zero-order valence-electron chi connectivity index (χ0n) is 22.1. The first-order valence-corrected chi connectivity index (χ1v) is 13.9. The van der Waals surface area contributed by atoms with Gasteiger partial charge in [-0.3, -0.25) is 4.79 Å². The van der Waals surface area contributed by atoms with E-state index in [1.54, 1.807) is 0 Å². The fourth-order valence-corrected chi connectivity index (χ4v) is 5.31. The van der Waals surface area contributed by atoms with E-state index in [-0.39, 0.29) is 5.97 Å². The monoisotopic (exact) mass is 473 g/mol. The molecule has 3 nitrogen and oxygen atoms in total. The van der Waals surface area contributed by atoms with E-state index in [9.17, 15) is 10.1 Å². The number of unbranched alkanes of at least 4 members (excludes halogenated alkanes) is 4. The van der Waals surface area contributed by atoms with Crippen LogP contribution in [0.5, 0.6) is 5.75 Å². The van der Waals surface area contributed by atoms with Gasteiger partial charge in [0.05, 0.1) is 11.0 Å². The summed E-state index contributed by atoms with van der Waals surface area (Å²) in [5, 5.41) is 9.77. The SMILES string of the molecule is CCCCCCCc1ccc(OC(=O)C2(c3ccc(CC(C)CC)cc3)CCCCC2)c(C#N)c1. The summed E-state index contributed by atoms with van der Waals surface area (Å²) in [5.74, 6) is 0.833. The van der Waals surface area contributed by atoms with Gasteiger partial charge in [-0.2, -0.15) is 5.26 Å². The number of aryl methyl sites for hydroxylation is 1. The molecule has 35 heavy (non-hydrogen) atoms. The average Bonchev–Trinajstić information content (AvgIpc) is 2.89. The van der Waals surface area contributed by atoms with Crippen LogP contribution in [0.4, 0.5) is 0 Å². The number of ether oxygens (including phenoxy) is 1. The average molecular weight is 474 g/mol. The maximum Gasteiger partial charge on any atom is 0.321 e. The van der Waals surface area contributed by atoms with Crippen LogP contribution in [0, 0.1) is 17.2 Å². The maximum absolute atomic E-state index is 13.7. The van der Waals surface area contributed by atoms with Crippen LogP contribution in [-0.2, 0) is 23.1 Å². The van der Waals surface area contributed by atoms with Gasteiger partial charge < -0.3 is 4.74 Å². The zero-order valence-corrected chi connectivity index (χ0v) is 22.1. The van der Waals surface area contributed by atoms with Gasteiger partial charge in [0, 0.05) is 0 Å². The lowest BCUT2D eigenvalue weighted by Crippen LogP contribution is -2.41. The normalized spacial score (nSPS) is 15.8. The van der Waals surface area contributed by atoms with Crippen molar-refractivity contribution in [3.05, 3.63) is 64.7 Å². The lowest BCUT2D eigenvalue weighted by atomic mass is 9.69. The van der Waals surface area contributed by atoms with Crippen molar-refractivity contribution >= 4 is 5.97 Å². The quantitative estimate of drug-likeness (QED) is 0.176. The second kappa shape index (κ2) is 13.5. The Morgan fingerprint density at radius 2 is 1.66 bits per heavy atom. The molecule has 0 amide bonds. The van der Waals surface area contributed by atoms with Crippen LogP contribution in [0.1, 0.15) is 114 Å². The highest BCUT2D eigenvalue weighted by atomic mass is 16.5. The van der Waals surface area contributed by atoms with E-state index in [0.29, 0.717) is 17.2 Å². The molecule has 3 rings (SSSR count). The van der Waals surface area contributed by atoms with Gasteiger partial charge in [-0.25, -0.2) is 0 Å². The predicted molar refractivity (Wildman–Crippen MR) is 144 cm³/mol. The molecule has 3 heteroatoms. The van der Waals surface area contributed by atoms with Crippen LogP contribution in [0.3, 0.4) is 0 Å². The third-order valence-corrected chi connectivity index (χ3v) is 7.82. The Morgan fingerprint density at radius 3 is 2.31 bits per heavy atom. The van der Waals surface area contributed by atoms with Gasteiger partial charge in [0.1, 0.15) is 11.8 Å². The summed E-state index contributed by atoms with van der Waals surface area (Å²) in [5.41, 5.74) is 3.34. The molecule has 1 saturated carbocycles. The lowest BCUT2D eigenvalue weighted by Gasteiger charge is -2.35. The Morgan fingerprint density at radius 1 is 0.971 bits per heavy atom. The standard InChI is InChI=1S/C32H43NO2/c1-4-6-7-8-10-13-26-16-19-30(28(23-26)24-33)35-31(34)32(20-11-9-12-21-32)29-17-14-27(15-18-29)22-25(3)5-2/h14-19,23,25H,4-13,20-22H2,1-3H3. The van der Waals surface area contributed by atoms with Crippen molar-refractivity contribution in [3.8, 4) is 11.8 Å². The van der Waals surface area contributed by atoms with Gasteiger partial charge in [-0.1, -0.05) is 102 Å². The van der Waals surface area contributed by atoms with Crippen molar-refractivity contribution in [1.82, 2.24) is 0 Å². The third kappa shape index (κ3) is 7.20. The van der Waals surface area contributed by atoms with Crippen molar-refractivity contribution in [2.45, 2.75) is 110 Å². The molecule has 0 aromatic heterocycles. The van der Waals surface area contributed by atoms with Crippen molar-refractivity contribution in [2.75, 3.05) is 0 Å². The van der Waals surface area contributed by atoms with Crippen LogP contribution < -0.4 is 4.74 Å². The highest BCUT2D eigenvalue weighted by molar-refractivity contribution is 5.85. The van der Waals surface area contributed by atoms with Crippen molar-refractivity contribution in [2.24, 2.45) is 5.92 Å². The number of hydrogen-bond acceptors (Lipinski definition) is 3. The Kier molecular flexibility index (Phi) is 10.4. The highest BCUT2D eigenvalue weighted by Gasteiger charge is 2.43. The molecule has 1 fully saturated rings. The molecule has 0 radical (unpaired) electrons. The number of hydrogen-bond donors (Lipinski definition) is 0. The maximum atomic E-state index is 13.7. The fourth-order valence-electron chi connectivity index (χ4n) is 5.31. The van der Waals surface area contributed by atoms with Crippen LogP contribution in [0.25, 0.3) is 0 Å². The molecule has 0 spiro atoms. The molecular weight excluding hydrogens is 430 g/mol. The molecular formula is C32H43NO2. The number of nitriles is 1. The summed E-state index contributed by atoms with van der Waals surface area (Å²) >= 11 is 0. The molecule has 2 aromatic rings. The Labute approximate surface area is 212 Å². The van der Waals surface area contributed by atoms with E-state index in [0.717, 1.165) is 68.9 Å². The fraction of sp³-hybridized carbons (Fsp3) is 0.562. The van der Waals surface area contributed by atoms with Gasteiger partial charge in [0.2, 0.25) is 0 Å².